The Morgan fingerprint density at radius 3 is 2.15 bits per heavy atom. The largest absolute Gasteiger partial charge is 0.416 e. The molecule has 0 heterocycles. The van der Waals surface area contributed by atoms with E-state index in [0.29, 0.717) is 0 Å². The molecule has 0 rings (SSSR count). The van der Waals surface area contributed by atoms with E-state index in [2.05, 4.69) is 0 Å². The van der Waals surface area contributed by atoms with Crippen molar-refractivity contribution in [2.24, 2.45) is 5.73 Å². The Kier molecular flexibility index (Phi) is 4.15. The number of aliphatic hydroxyl groups excluding tert-OH is 1. The summed E-state index contributed by atoms with van der Waals surface area (Å²) < 4.78 is 40.1. The third-order valence-electron chi connectivity index (χ3n) is 1.50. The van der Waals surface area contributed by atoms with Crippen molar-refractivity contribution in [1.82, 2.24) is 0 Å². The zero-order valence-corrected chi connectivity index (χ0v) is 7.56. The summed E-state index contributed by atoms with van der Waals surface area (Å²) in [7, 11) is 0. The van der Waals surface area contributed by atoms with Crippen LogP contribution in [0.1, 0.15) is 13.8 Å². The summed E-state index contributed by atoms with van der Waals surface area (Å²) in [4.78, 5) is 0. The molecule has 6 heteroatoms. The second kappa shape index (κ2) is 4.26. The standard InChI is InChI=1S/C7H14F3NO2/c1-6(2,4-11)13-3-5(12)7(8,9)10/h5,12H,3-4,11H2,1-2H3. The number of halogens is 3. The van der Waals surface area contributed by atoms with Crippen LogP contribution in [0, 0.1) is 0 Å². The number of ether oxygens (including phenoxy) is 1. The monoisotopic (exact) mass is 201 g/mol. The number of hydrogen-bond acceptors (Lipinski definition) is 3. The highest BCUT2D eigenvalue weighted by molar-refractivity contribution is 4.72. The van der Waals surface area contributed by atoms with Crippen molar-refractivity contribution in [3.05, 3.63) is 0 Å². The van der Waals surface area contributed by atoms with Gasteiger partial charge < -0.3 is 15.6 Å². The van der Waals surface area contributed by atoms with Crippen LogP contribution in [0.4, 0.5) is 13.2 Å². The molecule has 0 aliphatic carbocycles. The van der Waals surface area contributed by atoms with Gasteiger partial charge in [-0.15, -0.1) is 0 Å². The number of nitrogens with two attached hydrogens (primary N) is 1. The van der Waals surface area contributed by atoms with Crippen molar-refractivity contribution in [3.8, 4) is 0 Å². The molecule has 3 nitrogen and oxygen atoms in total. The van der Waals surface area contributed by atoms with E-state index < -0.39 is 24.5 Å². The molecule has 0 aliphatic heterocycles. The van der Waals surface area contributed by atoms with Crippen LogP contribution in [-0.4, -0.2) is 36.1 Å². The van der Waals surface area contributed by atoms with Crippen molar-refractivity contribution < 1.29 is 23.0 Å². The summed E-state index contributed by atoms with van der Waals surface area (Å²) in [6, 6.07) is 0. The lowest BCUT2D eigenvalue weighted by Crippen LogP contribution is -2.40. The predicted molar refractivity (Wildman–Crippen MR) is 41.1 cm³/mol. The molecule has 80 valence electrons. The molecule has 0 radical (unpaired) electrons. The van der Waals surface area contributed by atoms with Crippen LogP contribution in [0.25, 0.3) is 0 Å². The maximum Gasteiger partial charge on any atom is 0.416 e. The second-order valence-electron chi connectivity index (χ2n) is 3.33. The molecule has 3 N–H and O–H groups in total. The van der Waals surface area contributed by atoms with E-state index in [1.165, 1.54) is 0 Å². The summed E-state index contributed by atoms with van der Waals surface area (Å²) in [5, 5.41) is 8.55. The maximum atomic E-state index is 11.8. The molecular formula is C7H14F3NO2. The van der Waals surface area contributed by atoms with Crippen molar-refractivity contribution >= 4 is 0 Å². The molecular weight excluding hydrogens is 187 g/mol. The average molecular weight is 201 g/mol. The van der Waals surface area contributed by atoms with Crippen LogP contribution in [0.2, 0.25) is 0 Å². The number of rotatable bonds is 4. The fourth-order valence-corrected chi connectivity index (χ4v) is 0.458. The van der Waals surface area contributed by atoms with Gasteiger partial charge in [-0.3, -0.25) is 0 Å². The first-order valence-corrected chi connectivity index (χ1v) is 3.78. The van der Waals surface area contributed by atoms with E-state index in [0.717, 1.165) is 0 Å². The van der Waals surface area contributed by atoms with Gasteiger partial charge in [-0.2, -0.15) is 13.2 Å². The van der Waals surface area contributed by atoms with Crippen molar-refractivity contribution in [2.45, 2.75) is 31.7 Å². The molecule has 0 amide bonds. The Labute approximate surface area is 74.7 Å². The molecule has 0 spiro atoms. The SMILES string of the molecule is CC(C)(CN)OCC(O)C(F)(F)F. The minimum absolute atomic E-state index is 0.0948. The molecule has 0 aromatic rings. The van der Waals surface area contributed by atoms with E-state index in [4.69, 9.17) is 15.6 Å². The molecule has 0 bridgehead atoms. The fourth-order valence-electron chi connectivity index (χ4n) is 0.458. The van der Waals surface area contributed by atoms with Crippen LogP contribution in [0.3, 0.4) is 0 Å². The highest BCUT2D eigenvalue weighted by Crippen LogP contribution is 2.21. The number of hydrogen-bond donors (Lipinski definition) is 2. The van der Waals surface area contributed by atoms with Gasteiger partial charge in [0.25, 0.3) is 0 Å². The Hall–Kier alpha value is -0.330. The summed E-state index contributed by atoms with van der Waals surface area (Å²) >= 11 is 0. The van der Waals surface area contributed by atoms with Gasteiger partial charge in [-0.05, 0) is 13.8 Å². The first-order valence-electron chi connectivity index (χ1n) is 3.78. The first kappa shape index (κ1) is 12.7. The van der Waals surface area contributed by atoms with Crippen LogP contribution in [0.15, 0.2) is 0 Å². The summed E-state index contributed by atoms with van der Waals surface area (Å²) in [5.41, 5.74) is 4.37. The van der Waals surface area contributed by atoms with E-state index in [-0.39, 0.29) is 6.54 Å². The third kappa shape index (κ3) is 5.07. The zero-order chi connectivity index (χ0) is 10.7. The Morgan fingerprint density at radius 2 is 1.85 bits per heavy atom. The van der Waals surface area contributed by atoms with Crippen LogP contribution < -0.4 is 5.73 Å². The quantitative estimate of drug-likeness (QED) is 0.702. The topological polar surface area (TPSA) is 55.5 Å². The number of alkyl halides is 3. The lowest BCUT2D eigenvalue weighted by Gasteiger charge is -2.25. The Bertz CT molecular complexity index is 158. The molecule has 0 aromatic carbocycles. The molecule has 13 heavy (non-hydrogen) atoms. The summed E-state index contributed by atoms with van der Waals surface area (Å²) in [5.74, 6) is 0. The summed E-state index contributed by atoms with van der Waals surface area (Å²) in [6.07, 6.45) is -7.08. The minimum atomic E-state index is -4.63. The zero-order valence-electron chi connectivity index (χ0n) is 7.56. The van der Waals surface area contributed by atoms with Gasteiger partial charge >= 0.3 is 6.18 Å². The highest BCUT2D eigenvalue weighted by Gasteiger charge is 2.39. The number of aliphatic hydroxyl groups is 1. The van der Waals surface area contributed by atoms with E-state index >= 15 is 0 Å². The van der Waals surface area contributed by atoms with E-state index in [9.17, 15) is 13.2 Å². The molecule has 0 saturated carbocycles. The van der Waals surface area contributed by atoms with Crippen LogP contribution >= 0.6 is 0 Å². The normalized spacial score (nSPS) is 15.9. The smallest absolute Gasteiger partial charge is 0.382 e. The minimum Gasteiger partial charge on any atom is -0.382 e. The lowest BCUT2D eigenvalue weighted by molar-refractivity contribution is -0.225. The molecule has 1 atom stereocenters. The van der Waals surface area contributed by atoms with E-state index in [1.807, 2.05) is 0 Å². The second-order valence-corrected chi connectivity index (χ2v) is 3.33. The van der Waals surface area contributed by atoms with Gasteiger partial charge in [0.05, 0.1) is 12.2 Å². The van der Waals surface area contributed by atoms with E-state index in [1.54, 1.807) is 13.8 Å². The van der Waals surface area contributed by atoms with Gasteiger partial charge in [0.15, 0.2) is 6.10 Å². The van der Waals surface area contributed by atoms with Crippen molar-refractivity contribution in [3.63, 3.8) is 0 Å². The fraction of sp³-hybridized carbons (Fsp3) is 1.00. The maximum absolute atomic E-state index is 11.8. The Morgan fingerprint density at radius 1 is 1.38 bits per heavy atom. The van der Waals surface area contributed by atoms with Gasteiger partial charge in [0.1, 0.15) is 0 Å². The molecule has 0 fully saturated rings. The van der Waals surface area contributed by atoms with Crippen molar-refractivity contribution in [1.29, 1.82) is 0 Å². The van der Waals surface area contributed by atoms with Gasteiger partial charge in [0, 0.05) is 6.54 Å². The molecule has 0 aromatic heterocycles. The van der Waals surface area contributed by atoms with Gasteiger partial charge in [-0.25, -0.2) is 0 Å². The average Bonchev–Trinajstić information content (AvgIpc) is 1.98. The predicted octanol–water partition coefficient (Wildman–Crippen LogP) is 0.663. The Balaban J connectivity index is 3.90. The first-order chi connectivity index (χ1) is 5.69. The van der Waals surface area contributed by atoms with Crippen molar-refractivity contribution in [2.75, 3.05) is 13.2 Å². The van der Waals surface area contributed by atoms with Gasteiger partial charge in [0.2, 0.25) is 0 Å². The lowest BCUT2D eigenvalue weighted by atomic mass is 10.1. The highest BCUT2D eigenvalue weighted by atomic mass is 19.4. The van der Waals surface area contributed by atoms with Gasteiger partial charge in [-0.1, -0.05) is 0 Å². The van der Waals surface area contributed by atoms with Crippen LogP contribution in [0.5, 0.6) is 0 Å². The third-order valence-corrected chi connectivity index (χ3v) is 1.50. The summed E-state index contributed by atoms with van der Waals surface area (Å²) in [6.45, 7) is 2.41. The van der Waals surface area contributed by atoms with Crippen LogP contribution in [-0.2, 0) is 4.74 Å². The molecule has 0 saturated heterocycles. The molecule has 0 aliphatic rings. The molecule has 1 unspecified atom stereocenters.